The summed E-state index contributed by atoms with van der Waals surface area (Å²) in [5, 5.41) is 4.06. The molecule has 4 aromatic rings. The van der Waals surface area contributed by atoms with E-state index in [1.807, 2.05) is 70.9 Å². The molecule has 0 saturated heterocycles. The number of carbonyl (C=O) groups is 2. The molecule has 1 aliphatic heterocycles. The van der Waals surface area contributed by atoms with Gasteiger partial charge >= 0.3 is 0 Å². The zero-order valence-corrected chi connectivity index (χ0v) is 19.8. The first-order valence-electron chi connectivity index (χ1n) is 11.8. The number of amides is 2. The van der Waals surface area contributed by atoms with Crippen LogP contribution in [0.25, 0.3) is 16.6 Å². The molecule has 4 heterocycles. The van der Waals surface area contributed by atoms with Crippen molar-refractivity contribution in [3.05, 3.63) is 78.6 Å². The highest BCUT2D eigenvalue weighted by Gasteiger charge is 2.49. The molecule has 0 saturated carbocycles. The minimum absolute atomic E-state index is 0.154. The Labute approximate surface area is 199 Å². The second-order valence-electron chi connectivity index (χ2n) is 9.57. The van der Waals surface area contributed by atoms with Gasteiger partial charge in [0.25, 0.3) is 5.91 Å². The van der Waals surface area contributed by atoms with E-state index in [1.165, 1.54) is 0 Å². The van der Waals surface area contributed by atoms with Crippen molar-refractivity contribution in [3.8, 4) is 5.69 Å². The van der Waals surface area contributed by atoms with Gasteiger partial charge in [0.05, 0.1) is 30.6 Å². The Morgan fingerprint density at radius 1 is 1.12 bits per heavy atom. The molecule has 1 atom stereocenters. The summed E-state index contributed by atoms with van der Waals surface area (Å²) >= 11 is 0. The van der Waals surface area contributed by atoms with Gasteiger partial charge in [-0.1, -0.05) is 32.0 Å². The average molecular weight is 459 g/mol. The van der Waals surface area contributed by atoms with E-state index >= 15 is 0 Å². The van der Waals surface area contributed by atoms with Crippen LogP contribution in [0.2, 0.25) is 0 Å². The maximum Gasteiger partial charge on any atom is 0.274 e. The van der Waals surface area contributed by atoms with Crippen LogP contribution in [0.1, 0.15) is 43.4 Å². The van der Waals surface area contributed by atoms with Crippen LogP contribution in [0.4, 0.5) is 0 Å². The molecule has 1 aliphatic rings. The highest BCUT2D eigenvalue weighted by Crippen LogP contribution is 2.38. The molecule has 5 rings (SSSR count). The predicted octanol–water partition coefficient (Wildman–Crippen LogP) is 4.60. The number of rotatable bonds is 7. The first-order chi connectivity index (χ1) is 16.4. The van der Waals surface area contributed by atoms with Crippen molar-refractivity contribution in [2.24, 2.45) is 5.92 Å². The number of aromatic nitrogens is 2. The minimum Gasteiger partial charge on any atom is -0.467 e. The summed E-state index contributed by atoms with van der Waals surface area (Å²) in [5.41, 5.74) is 1.27. The third kappa shape index (κ3) is 3.61. The summed E-state index contributed by atoms with van der Waals surface area (Å²) in [6.07, 6.45) is 6.36. The first kappa shape index (κ1) is 22.1. The van der Waals surface area contributed by atoms with Crippen molar-refractivity contribution in [3.63, 3.8) is 0 Å². The standard InChI is InChI=1S/C27H30N4O3/c1-19(2)12-13-28-26(33)27(3)18-30-22-11-5-4-10-21(22)23(29-14-6-7-15-29)24(30)25(32)31(27)17-20-9-8-16-34-20/h4-11,14-16,19H,12-13,17-18H2,1-3H3,(H,28,33)/t27-/m1/s1. The maximum atomic E-state index is 14.2. The van der Waals surface area contributed by atoms with Crippen LogP contribution in [-0.2, 0) is 17.9 Å². The number of furan rings is 1. The monoisotopic (exact) mass is 458 g/mol. The molecule has 176 valence electrons. The SMILES string of the molecule is CC(C)CCNC(=O)[C@@]1(C)Cn2c(c(-n3cccc3)c3ccccc32)C(=O)N1Cc1ccco1. The summed E-state index contributed by atoms with van der Waals surface area (Å²) in [4.78, 5) is 29.5. The highest BCUT2D eigenvalue weighted by molar-refractivity contribution is 6.08. The molecule has 2 amide bonds. The van der Waals surface area contributed by atoms with Gasteiger partial charge in [-0.2, -0.15) is 0 Å². The summed E-state index contributed by atoms with van der Waals surface area (Å²) < 4.78 is 9.56. The third-order valence-electron chi connectivity index (χ3n) is 6.71. The highest BCUT2D eigenvalue weighted by atomic mass is 16.3. The number of nitrogens with one attached hydrogen (secondary N) is 1. The van der Waals surface area contributed by atoms with Gasteiger partial charge in [-0.25, -0.2) is 0 Å². The maximum absolute atomic E-state index is 14.2. The van der Waals surface area contributed by atoms with Gasteiger partial charge in [-0.05, 0) is 49.6 Å². The minimum atomic E-state index is -1.08. The lowest BCUT2D eigenvalue weighted by atomic mass is 9.94. The van der Waals surface area contributed by atoms with Crippen molar-refractivity contribution in [2.45, 2.75) is 45.8 Å². The molecule has 0 bridgehead atoms. The Kier molecular flexibility index (Phi) is 5.55. The molecule has 0 aliphatic carbocycles. The Hall–Kier alpha value is -3.74. The van der Waals surface area contributed by atoms with E-state index in [2.05, 4.69) is 19.2 Å². The number of para-hydroxylation sites is 1. The van der Waals surface area contributed by atoms with Gasteiger partial charge in [0.15, 0.2) is 0 Å². The summed E-state index contributed by atoms with van der Waals surface area (Å²) in [7, 11) is 0. The number of carbonyl (C=O) groups excluding carboxylic acids is 2. The van der Waals surface area contributed by atoms with Crippen LogP contribution in [0, 0.1) is 5.92 Å². The predicted molar refractivity (Wildman–Crippen MR) is 131 cm³/mol. The van der Waals surface area contributed by atoms with Crippen LogP contribution in [0.5, 0.6) is 0 Å². The van der Waals surface area contributed by atoms with Gasteiger partial charge in [-0.3, -0.25) is 9.59 Å². The molecular weight excluding hydrogens is 428 g/mol. The Morgan fingerprint density at radius 3 is 2.59 bits per heavy atom. The normalized spacial score (nSPS) is 18.0. The number of benzene rings is 1. The summed E-state index contributed by atoms with van der Waals surface area (Å²) in [6.45, 7) is 7.25. The molecule has 0 unspecified atom stereocenters. The average Bonchev–Trinajstić information content (AvgIpc) is 3.57. The first-order valence-corrected chi connectivity index (χ1v) is 11.8. The van der Waals surface area contributed by atoms with E-state index < -0.39 is 5.54 Å². The smallest absolute Gasteiger partial charge is 0.274 e. The molecule has 1 aromatic carbocycles. The number of hydrogen-bond donors (Lipinski definition) is 1. The summed E-state index contributed by atoms with van der Waals surface area (Å²) in [5.74, 6) is 0.772. The van der Waals surface area contributed by atoms with Crippen molar-refractivity contribution in [1.29, 1.82) is 0 Å². The van der Waals surface area contributed by atoms with Gasteiger partial charge in [0.2, 0.25) is 5.91 Å². The molecule has 7 nitrogen and oxygen atoms in total. The molecule has 3 aromatic heterocycles. The Morgan fingerprint density at radius 2 is 1.88 bits per heavy atom. The van der Waals surface area contributed by atoms with Crippen molar-refractivity contribution < 1.29 is 14.0 Å². The van der Waals surface area contributed by atoms with Crippen LogP contribution in [-0.4, -0.2) is 37.9 Å². The van der Waals surface area contributed by atoms with Crippen molar-refractivity contribution in [1.82, 2.24) is 19.4 Å². The van der Waals surface area contributed by atoms with Gasteiger partial charge in [0, 0.05) is 24.3 Å². The summed E-state index contributed by atoms with van der Waals surface area (Å²) in [6, 6.07) is 15.5. The lowest BCUT2D eigenvalue weighted by molar-refractivity contribution is -0.133. The quantitative estimate of drug-likeness (QED) is 0.440. The Bertz CT molecular complexity index is 1320. The number of nitrogens with zero attached hydrogens (tertiary/aromatic N) is 3. The Balaban J connectivity index is 1.65. The number of fused-ring (bicyclic) bond motifs is 3. The molecule has 0 fully saturated rings. The van der Waals surface area contributed by atoms with Crippen molar-refractivity contribution >= 4 is 22.7 Å². The van der Waals surface area contributed by atoms with Gasteiger partial charge in [0.1, 0.15) is 17.0 Å². The molecule has 34 heavy (non-hydrogen) atoms. The lowest BCUT2D eigenvalue weighted by Crippen LogP contribution is -2.63. The van der Waals surface area contributed by atoms with Gasteiger partial charge < -0.3 is 23.8 Å². The zero-order chi connectivity index (χ0) is 23.9. The molecule has 0 radical (unpaired) electrons. The molecule has 0 spiro atoms. The van der Waals surface area contributed by atoms with Crippen LogP contribution >= 0.6 is 0 Å². The topological polar surface area (TPSA) is 72.4 Å². The number of hydrogen-bond acceptors (Lipinski definition) is 3. The lowest BCUT2D eigenvalue weighted by Gasteiger charge is -2.44. The van der Waals surface area contributed by atoms with Gasteiger partial charge in [-0.15, -0.1) is 0 Å². The second-order valence-corrected chi connectivity index (χ2v) is 9.57. The van der Waals surface area contributed by atoms with E-state index in [4.69, 9.17) is 4.42 Å². The van der Waals surface area contributed by atoms with E-state index in [-0.39, 0.29) is 18.4 Å². The van der Waals surface area contributed by atoms with Crippen molar-refractivity contribution in [2.75, 3.05) is 6.54 Å². The largest absolute Gasteiger partial charge is 0.467 e. The zero-order valence-electron chi connectivity index (χ0n) is 19.8. The van der Waals surface area contributed by atoms with E-state index in [0.717, 1.165) is 23.0 Å². The van der Waals surface area contributed by atoms with E-state index in [0.29, 0.717) is 30.5 Å². The van der Waals surface area contributed by atoms with Crippen LogP contribution in [0.15, 0.2) is 71.6 Å². The fourth-order valence-electron chi connectivity index (χ4n) is 4.82. The van der Waals surface area contributed by atoms with Crippen LogP contribution in [0.3, 0.4) is 0 Å². The second kappa shape index (κ2) is 8.56. The van der Waals surface area contributed by atoms with Crippen LogP contribution < -0.4 is 5.32 Å². The third-order valence-corrected chi connectivity index (χ3v) is 6.71. The molecule has 1 N–H and O–H groups in total. The molecule has 7 heteroatoms. The fraction of sp³-hybridized carbons (Fsp3) is 0.333. The van der Waals surface area contributed by atoms with E-state index in [9.17, 15) is 9.59 Å². The fourth-order valence-corrected chi connectivity index (χ4v) is 4.82. The molecular formula is C27H30N4O3. The van der Waals surface area contributed by atoms with E-state index in [1.54, 1.807) is 17.2 Å².